The highest BCUT2D eigenvalue weighted by Gasteiger charge is 2.39. The van der Waals surface area contributed by atoms with Gasteiger partial charge in [-0.2, -0.15) is 0 Å². The Hall–Kier alpha value is -3.93. The van der Waals surface area contributed by atoms with Gasteiger partial charge >= 0.3 is 29.9 Å². The summed E-state index contributed by atoms with van der Waals surface area (Å²) in [5.74, 6) is -7.39. The highest BCUT2D eigenvalue weighted by Crippen LogP contribution is 2.26. The summed E-state index contributed by atoms with van der Waals surface area (Å²) < 4.78 is 0. The smallest absolute Gasteiger partial charge is 0.327 e. The maximum absolute atomic E-state index is 12.7. The predicted octanol–water partition coefficient (Wildman–Crippen LogP) is -2.12. The Morgan fingerprint density at radius 1 is 0.875 bits per heavy atom. The Labute approximate surface area is 232 Å². The van der Waals surface area contributed by atoms with Gasteiger partial charge in [-0.05, 0) is 32.7 Å². The lowest BCUT2D eigenvalue weighted by Gasteiger charge is -2.19. The zero-order valence-electron chi connectivity index (χ0n) is 21.6. The number of imide groups is 1. The van der Waals surface area contributed by atoms with E-state index in [1.54, 1.807) is 0 Å². The van der Waals surface area contributed by atoms with E-state index >= 15 is 0 Å². The fourth-order valence-electron chi connectivity index (χ4n) is 3.57. The fourth-order valence-corrected chi connectivity index (χ4v) is 4.75. The van der Waals surface area contributed by atoms with E-state index in [0.717, 1.165) is 16.7 Å². The second-order valence-electron chi connectivity index (χ2n) is 8.73. The van der Waals surface area contributed by atoms with E-state index in [1.165, 1.54) is 7.05 Å². The van der Waals surface area contributed by atoms with Crippen LogP contribution in [0.25, 0.3) is 0 Å². The van der Waals surface area contributed by atoms with Crippen molar-refractivity contribution in [2.24, 2.45) is 0 Å². The first-order chi connectivity index (χ1) is 18.8. The Balaban J connectivity index is 2.59. The molecule has 0 aromatic heterocycles. The number of hydrogen-bond donors (Lipinski definition) is 8. The lowest BCUT2D eigenvalue weighted by molar-refractivity contribution is -0.142. The van der Waals surface area contributed by atoms with Crippen molar-refractivity contribution in [3.05, 3.63) is 0 Å². The molecule has 17 nitrogen and oxygen atoms in total. The second kappa shape index (κ2) is 16.9. The summed E-state index contributed by atoms with van der Waals surface area (Å²) in [5, 5.41) is 44.5. The number of nitrogens with one attached hydrogen (secondary N) is 4. The van der Waals surface area contributed by atoms with Crippen molar-refractivity contribution in [3.63, 3.8) is 0 Å². The molecule has 1 saturated heterocycles. The number of nitrogens with zero attached hydrogens (tertiary/aromatic N) is 1. The van der Waals surface area contributed by atoms with Crippen LogP contribution in [0, 0.1) is 0 Å². The van der Waals surface area contributed by atoms with Gasteiger partial charge in [-0.1, -0.05) is 0 Å². The van der Waals surface area contributed by atoms with Crippen LogP contribution in [0.15, 0.2) is 0 Å². The van der Waals surface area contributed by atoms with E-state index in [-0.39, 0.29) is 44.5 Å². The SMILES string of the molecule is CNCC(=O)N[C@@H](CCCCN1C(=O)CC(SC[C@H](NC(=O)N[C@@H](CCC(=O)O)C(=O)O)C(=O)O)C1=O)C(=O)O. The monoisotopic (exact) mass is 591 g/mol. The minimum atomic E-state index is -1.57. The van der Waals surface area contributed by atoms with E-state index in [0.29, 0.717) is 0 Å². The van der Waals surface area contributed by atoms with Crippen molar-refractivity contribution >= 4 is 59.4 Å². The molecule has 5 amide bonds. The number of unbranched alkanes of at least 4 members (excludes halogenated alkanes) is 1. The number of carbonyl (C=O) groups excluding carboxylic acids is 4. The third-order valence-corrected chi connectivity index (χ3v) is 6.91. The molecule has 224 valence electrons. The average molecular weight is 592 g/mol. The number of carboxylic acid groups (broad SMARTS) is 4. The standard InChI is InChI=1S/C22H33N5O12S/c1-23-9-15(28)24-11(19(33)34)4-2-3-7-27-16(29)8-14(18(27)32)40-10-13(21(37)38)26-22(39)25-12(20(35)36)5-6-17(30)31/h11-14,23H,2-10H2,1H3,(H,24,28)(H,30,31)(H,33,34)(H,35,36)(H,37,38)(H2,25,26,39)/t11-,12-,13-,14?/m0/s1. The third kappa shape index (κ3) is 11.9. The molecule has 8 N–H and O–H groups in total. The highest BCUT2D eigenvalue weighted by atomic mass is 32.2. The lowest BCUT2D eigenvalue weighted by atomic mass is 10.1. The summed E-state index contributed by atoms with van der Waals surface area (Å²) in [6.07, 6.45) is -0.553. The van der Waals surface area contributed by atoms with E-state index < -0.39 is 83.8 Å². The van der Waals surface area contributed by atoms with Gasteiger partial charge in [-0.15, -0.1) is 11.8 Å². The van der Waals surface area contributed by atoms with Gasteiger partial charge in [-0.25, -0.2) is 19.2 Å². The van der Waals surface area contributed by atoms with E-state index in [4.69, 9.17) is 10.2 Å². The minimum absolute atomic E-state index is 0.00145. The summed E-state index contributed by atoms with van der Waals surface area (Å²) in [7, 11) is 1.53. The number of hydrogen-bond acceptors (Lipinski definition) is 10. The predicted molar refractivity (Wildman–Crippen MR) is 136 cm³/mol. The van der Waals surface area contributed by atoms with Gasteiger partial charge < -0.3 is 41.7 Å². The number of urea groups is 1. The fraction of sp³-hybridized carbons (Fsp3) is 0.636. The number of carboxylic acids is 4. The van der Waals surface area contributed by atoms with Crippen LogP contribution in [0.3, 0.4) is 0 Å². The number of aliphatic carboxylic acids is 4. The zero-order valence-corrected chi connectivity index (χ0v) is 22.4. The minimum Gasteiger partial charge on any atom is -0.481 e. The molecule has 1 unspecified atom stereocenters. The molecule has 1 fully saturated rings. The largest absolute Gasteiger partial charge is 0.481 e. The van der Waals surface area contributed by atoms with Crippen molar-refractivity contribution in [3.8, 4) is 0 Å². The van der Waals surface area contributed by atoms with E-state index in [2.05, 4.69) is 16.0 Å². The third-order valence-electron chi connectivity index (χ3n) is 5.62. The van der Waals surface area contributed by atoms with Gasteiger partial charge in [0, 0.05) is 25.1 Å². The van der Waals surface area contributed by atoms with Crippen LogP contribution < -0.4 is 21.3 Å². The van der Waals surface area contributed by atoms with Gasteiger partial charge in [0.15, 0.2) is 0 Å². The van der Waals surface area contributed by atoms with Gasteiger partial charge in [0.1, 0.15) is 18.1 Å². The Kier molecular flexibility index (Phi) is 14.4. The van der Waals surface area contributed by atoms with Gasteiger partial charge in [0.25, 0.3) is 0 Å². The molecule has 0 bridgehead atoms. The second-order valence-corrected chi connectivity index (χ2v) is 9.96. The number of amides is 5. The average Bonchev–Trinajstić information content (AvgIpc) is 3.12. The van der Waals surface area contributed by atoms with Crippen LogP contribution in [0.4, 0.5) is 4.79 Å². The molecule has 0 saturated carbocycles. The normalized spacial score (nSPS) is 17.0. The molecule has 0 radical (unpaired) electrons. The molecule has 18 heteroatoms. The summed E-state index contributed by atoms with van der Waals surface area (Å²) in [6, 6.07) is -5.42. The molecule has 40 heavy (non-hydrogen) atoms. The van der Waals surface area contributed by atoms with Crippen LogP contribution in [0.5, 0.6) is 0 Å². The Morgan fingerprint density at radius 2 is 1.45 bits per heavy atom. The first-order valence-electron chi connectivity index (χ1n) is 12.1. The van der Waals surface area contributed by atoms with Crippen LogP contribution >= 0.6 is 11.8 Å². The molecular formula is C22H33N5O12S. The van der Waals surface area contributed by atoms with Crippen molar-refractivity contribution in [1.29, 1.82) is 0 Å². The van der Waals surface area contributed by atoms with E-state index in [9.17, 15) is 48.6 Å². The zero-order chi connectivity index (χ0) is 30.4. The van der Waals surface area contributed by atoms with Crippen LogP contribution in [0.2, 0.25) is 0 Å². The first kappa shape index (κ1) is 34.1. The van der Waals surface area contributed by atoms with Crippen LogP contribution in [0.1, 0.15) is 38.5 Å². The molecule has 0 aromatic carbocycles. The van der Waals surface area contributed by atoms with Crippen molar-refractivity contribution in [1.82, 2.24) is 26.2 Å². The molecule has 1 aliphatic heterocycles. The maximum Gasteiger partial charge on any atom is 0.327 e. The van der Waals surface area contributed by atoms with E-state index in [1.807, 2.05) is 5.32 Å². The first-order valence-corrected chi connectivity index (χ1v) is 13.2. The summed E-state index contributed by atoms with van der Waals surface area (Å²) >= 11 is 0.816. The van der Waals surface area contributed by atoms with Gasteiger partial charge in [-0.3, -0.25) is 24.1 Å². The molecule has 1 rings (SSSR count). The lowest BCUT2D eigenvalue weighted by Crippen LogP contribution is -2.52. The molecule has 4 atom stereocenters. The van der Waals surface area contributed by atoms with Crippen LogP contribution in [-0.2, 0) is 33.6 Å². The number of likely N-dealkylation sites (tertiary alicyclic amines) is 1. The molecular weight excluding hydrogens is 558 g/mol. The molecule has 1 heterocycles. The number of thioether (sulfide) groups is 1. The topological polar surface area (TPSA) is 269 Å². The number of carbonyl (C=O) groups is 8. The quantitative estimate of drug-likeness (QED) is 0.0589. The van der Waals surface area contributed by atoms with Crippen molar-refractivity contribution < 1.29 is 58.8 Å². The van der Waals surface area contributed by atoms with Crippen LogP contribution in [-0.4, -0.2) is 122 Å². The summed E-state index contributed by atoms with van der Waals surface area (Å²) in [6.45, 7) is -0.0559. The van der Waals surface area contributed by atoms with Crippen molar-refractivity contribution in [2.45, 2.75) is 61.9 Å². The summed E-state index contributed by atoms with van der Waals surface area (Å²) in [5.41, 5.74) is 0. The highest BCUT2D eigenvalue weighted by molar-refractivity contribution is 8.00. The molecule has 0 aliphatic carbocycles. The number of rotatable bonds is 19. The maximum atomic E-state index is 12.7. The molecule has 0 spiro atoms. The van der Waals surface area contributed by atoms with Gasteiger partial charge in [0.2, 0.25) is 17.7 Å². The Morgan fingerprint density at radius 3 is 2.00 bits per heavy atom. The number of likely N-dealkylation sites (N-methyl/N-ethyl adjacent to an activating group) is 1. The molecule has 1 aliphatic rings. The summed E-state index contributed by atoms with van der Waals surface area (Å²) in [4.78, 5) is 94.5. The Bertz CT molecular complexity index is 993. The van der Waals surface area contributed by atoms with Crippen molar-refractivity contribution in [2.75, 3.05) is 25.9 Å². The van der Waals surface area contributed by atoms with Gasteiger partial charge in [0.05, 0.1) is 11.8 Å². The molecule has 0 aromatic rings.